The van der Waals surface area contributed by atoms with Crippen LogP contribution < -0.4 is 10.1 Å². The van der Waals surface area contributed by atoms with Crippen LogP contribution in [0.15, 0.2) is 36.4 Å². The van der Waals surface area contributed by atoms with Gasteiger partial charge in [0.05, 0.1) is 0 Å². The Labute approximate surface area is 176 Å². The number of hydrogen-bond donors (Lipinski definition) is 1. The monoisotopic (exact) mass is 415 g/mol. The van der Waals surface area contributed by atoms with E-state index in [0.29, 0.717) is 11.0 Å². The highest BCUT2D eigenvalue weighted by atomic mass is 35.5. The highest BCUT2D eigenvalue weighted by Gasteiger charge is 2.20. The molecule has 148 valence electrons. The summed E-state index contributed by atoms with van der Waals surface area (Å²) in [5.41, 5.74) is 6.01. The molecule has 2 aromatic carbocycles. The minimum Gasteiger partial charge on any atom is -0.430 e. The summed E-state index contributed by atoms with van der Waals surface area (Å²) in [6.07, 6.45) is 3.72. The molecule has 0 saturated heterocycles. The second kappa shape index (κ2) is 9.03. The molecular formula is C22H26ClN3OS. The Balaban J connectivity index is 0.00000225. The zero-order chi connectivity index (χ0) is 18.8. The second-order valence-electron chi connectivity index (χ2n) is 7.37. The van der Waals surface area contributed by atoms with Crippen molar-refractivity contribution in [3.63, 3.8) is 0 Å². The average molecular weight is 416 g/mol. The zero-order valence-electron chi connectivity index (χ0n) is 16.5. The van der Waals surface area contributed by atoms with E-state index in [-0.39, 0.29) is 12.4 Å². The molecule has 0 unspecified atom stereocenters. The number of nitrogens with zero attached hydrogens (tertiary/aromatic N) is 2. The van der Waals surface area contributed by atoms with Gasteiger partial charge in [-0.05, 0) is 69.3 Å². The third-order valence-electron chi connectivity index (χ3n) is 4.95. The first kappa shape index (κ1) is 20.8. The van der Waals surface area contributed by atoms with Gasteiger partial charge in [0.15, 0.2) is 5.82 Å². The fourth-order valence-electron chi connectivity index (χ4n) is 3.09. The number of nitrogens with one attached hydrogen (secondary N) is 1. The van der Waals surface area contributed by atoms with Gasteiger partial charge >= 0.3 is 0 Å². The Kier molecular flexibility index (Phi) is 6.70. The van der Waals surface area contributed by atoms with Crippen molar-refractivity contribution < 1.29 is 4.74 Å². The van der Waals surface area contributed by atoms with Crippen molar-refractivity contribution in [3.8, 4) is 22.3 Å². The first-order chi connectivity index (χ1) is 13.1. The number of hydrogen-bond acceptors (Lipinski definition) is 5. The standard InChI is InChI=1S/C22H25N3OS.ClH/c1-14-4-6-17(7-5-14)21-24-22(27-25-21)26-20-13-15(2)18(12-16(20)3)10-11-23-19-8-9-19;/h4-7,12-13,19,23H,8-11H2,1-3H3;1H. The molecule has 1 N–H and O–H groups in total. The van der Waals surface area contributed by atoms with Crippen LogP contribution in [0.1, 0.15) is 35.1 Å². The van der Waals surface area contributed by atoms with Crippen LogP contribution in [-0.2, 0) is 6.42 Å². The van der Waals surface area contributed by atoms with Crippen molar-refractivity contribution >= 4 is 23.9 Å². The number of benzene rings is 2. The highest BCUT2D eigenvalue weighted by Crippen LogP contribution is 2.31. The van der Waals surface area contributed by atoms with Gasteiger partial charge in [-0.2, -0.15) is 9.36 Å². The molecule has 1 aromatic heterocycles. The minimum atomic E-state index is 0. The predicted molar refractivity (Wildman–Crippen MR) is 118 cm³/mol. The summed E-state index contributed by atoms with van der Waals surface area (Å²) in [7, 11) is 0. The van der Waals surface area contributed by atoms with E-state index in [1.54, 1.807) is 0 Å². The smallest absolute Gasteiger partial charge is 0.299 e. The number of ether oxygens (including phenoxy) is 1. The molecule has 1 heterocycles. The highest BCUT2D eigenvalue weighted by molar-refractivity contribution is 7.07. The Hall–Kier alpha value is -1.95. The van der Waals surface area contributed by atoms with E-state index < -0.39 is 0 Å². The molecule has 0 radical (unpaired) electrons. The molecule has 1 aliphatic rings. The Bertz CT molecular complexity index is 935. The van der Waals surface area contributed by atoms with Crippen LogP contribution in [0, 0.1) is 20.8 Å². The molecular weight excluding hydrogens is 390 g/mol. The number of aryl methyl sites for hydroxylation is 3. The molecule has 0 amide bonds. The molecule has 4 nitrogen and oxygen atoms in total. The summed E-state index contributed by atoms with van der Waals surface area (Å²) >= 11 is 1.29. The van der Waals surface area contributed by atoms with Crippen molar-refractivity contribution in [2.75, 3.05) is 6.54 Å². The molecule has 0 atom stereocenters. The van der Waals surface area contributed by atoms with Crippen molar-refractivity contribution in [2.24, 2.45) is 0 Å². The number of halogens is 1. The fraction of sp³-hybridized carbons (Fsp3) is 0.364. The van der Waals surface area contributed by atoms with Gasteiger partial charge in [-0.15, -0.1) is 12.4 Å². The third-order valence-corrected chi connectivity index (χ3v) is 5.55. The van der Waals surface area contributed by atoms with Crippen LogP contribution in [-0.4, -0.2) is 21.9 Å². The molecule has 0 aliphatic heterocycles. The lowest BCUT2D eigenvalue weighted by molar-refractivity contribution is 0.475. The lowest BCUT2D eigenvalue weighted by Gasteiger charge is -2.12. The van der Waals surface area contributed by atoms with Gasteiger partial charge in [0.25, 0.3) is 5.19 Å². The average Bonchev–Trinajstić information content (AvgIpc) is 3.36. The molecule has 1 fully saturated rings. The topological polar surface area (TPSA) is 47.0 Å². The molecule has 28 heavy (non-hydrogen) atoms. The SMILES string of the molecule is Cc1ccc(-c2nsc(Oc3cc(C)c(CCNC4CC4)cc3C)n2)cc1.Cl. The lowest BCUT2D eigenvalue weighted by atomic mass is 10.0. The summed E-state index contributed by atoms with van der Waals surface area (Å²) in [6, 6.07) is 13.3. The van der Waals surface area contributed by atoms with Crippen molar-refractivity contribution in [1.29, 1.82) is 0 Å². The van der Waals surface area contributed by atoms with Crippen LogP contribution in [0.25, 0.3) is 11.4 Å². The van der Waals surface area contributed by atoms with E-state index in [0.717, 1.165) is 35.9 Å². The number of aromatic nitrogens is 2. The first-order valence-corrected chi connectivity index (χ1v) is 10.3. The van der Waals surface area contributed by atoms with Gasteiger partial charge in [0.1, 0.15) is 5.75 Å². The van der Waals surface area contributed by atoms with Gasteiger partial charge in [-0.25, -0.2) is 0 Å². The Morgan fingerprint density at radius 3 is 2.54 bits per heavy atom. The maximum atomic E-state index is 6.05. The zero-order valence-corrected chi connectivity index (χ0v) is 18.1. The first-order valence-electron chi connectivity index (χ1n) is 9.50. The van der Waals surface area contributed by atoms with Gasteiger partial charge in [-0.1, -0.05) is 35.9 Å². The third kappa shape index (κ3) is 5.10. The maximum Gasteiger partial charge on any atom is 0.299 e. The summed E-state index contributed by atoms with van der Waals surface area (Å²) in [5, 5.41) is 4.16. The molecule has 0 bridgehead atoms. The van der Waals surface area contributed by atoms with E-state index >= 15 is 0 Å². The van der Waals surface area contributed by atoms with Gasteiger partial charge in [0, 0.05) is 23.1 Å². The van der Waals surface area contributed by atoms with Crippen LogP contribution in [0.2, 0.25) is 0 Å². The molecule has 0 spiro atoms. The van der Waals surface area contributed by atoms with Gasteiger partial charge < -0.3 is 10.1 Å². The summed E-state index contributed by atoms with van der Waals surface area (Å²) in [4.78, 5) is 4.55. The summed E-state index contributed by atoms with van der Waals surface area (Å²) in [5.74, 6) is 1.57. The Morgan fingerprint density at radius 2 is 1.82 bits per heavy atom. The lowest BCUT2D eigenvalue weighted by Crippen LogP contribution is -2.19. The van der Waals surface area contributed by atoms with Crippen LogP contribution in [0.5, 0.6) is 10.9 Å². The van der Waals surface area contributed by atoms with Crippen LogP contribution in [0.4, 0.5) is 0 Å². The van der Waals surface area contributed by atoms with Crippen molar-refractivity contribution in [1.82, 2.24) is 14.7 Å². The Morgan fingerprint density at radius 1 is 1.07 bits per heavy atom. The van der Waals surface area contributed by atoms with E-state index in [9.17, 15) is 0 Å². The van der Waals surface area contributed by atoms with Crippen LogP contribution >= 0.6 is 23.9 Å². The van der Waals surface area contributed by atoms with E-state index in [1.165, 1.54) is 41.1 Å². The minimum absolute atomic E-state index is 0. The van der Waals surface area contributed by atoms with E-state index in [1.807, 2.05) is 12.1 Å². The summed E-state index contributed by atoms with van der Waals surface area (Å²) < 4.78 is 10.5. The van der Waals surface area contributed by atoms with E-state index in [4.69, 9.17) is 4.74 Å². The quantitative estimate of drug-likeness (QED) is 0.542. The molecule has 4 rings (SSSR count). The predicted octanol–water partition coefficient (Wildman–Crippen LogP) is 5.64. The molecule has 1 aliphatic carbocycles. The van der Waals surface area contributed by atoms with E-state index in [2.05, 4.69) is 59.7 Å². The van der Waals surface area contributed by atoms with Crippen molar-refractivity contribution in [3.05, 3.63) is 58.7 Å². The van der Waals surface area contributed by atoms with Crippen molar-refractivity contribution in [2.45, 2.75) is 46.1 Å². The molecule has 6 heteroatoms. The molecule has 1 saturated carbocycles. The molecule has 3 aromatic rings. The fourth-order valence-corrected chi connectivity index (χ4v) is 3.66. The van der Waals surface area contributed by atoms with Gasteiger partial charge in [-0.3, -0.25) is 0 Å². The number of rotatable bonds is 7. The largest absolute Gasteiger partial charge is 0.430 e. The maximum absolute atomic E-state index is 6.05. The van der Waals surface area contributed by atoms with Crippen LogP contribution in [0.3, 0.4) is 0 Å². The summed E-state index contributed by atoms with van der Waals surface area (Å²) in [6.45, 7) is 7.36. The van der Waals surface area contributed by atoms with Gasteiger partial charge in [0.2, 0.25) is 0 Å². The second-order valence-corrected chi connectivity index (χ2v) is 8.09. The normalized spacial score (nSPS) is 13.2.